The smallest absolute Gasteiger partial charge is 0.262 e. The van der Waals surface area contributed by atoms with Gasteiger partial charge in [0.2, 0.25) is 4.96 Å². The van der Waals surface area contributed by atoms with Crippen LogP contribution >= 0.6 is 27.3 Å². The summed E-state index contributed by atoms with van der Waals surface area (Å²) in [7, 11) is 1.56. The summed E-state index contributed by atoms with van der Waals surface area (Å²) in [4.78, 5) is 13.4. The second-order valence-electron chi connectivity index (χ2n) is 7.22. The van der Waals surface area contributed by atoms with Gasteiger partial charge in [0.05, 0.1) is 17.3 Å². The minimum Gasteiger partial charge on any atom is -0.495 e. The van der Waals surface area contributed by atoms with Gasteiger partial charge in [0.25, 0.3) is 5.91 Å². The fraction of sp³-hybridized carbons (Fsp3) is 0.273. The fourth-order valence-electron chi connectivity index (χ4n) is 3.34. The Morgan fingerprint density at radius 1 is 1.22 bits per heavy atom. The zero-order valence-corrected chi connectivity index (χ0v) is 20.5. The number of nitrogens with one attached hydrogen (secondary N) is 1. The predicted molar refractivity (Wildman–Crippen MR) is 128 cm³/mol. The molecule has 166 valence electrons. The maximum atomic E-state index is 12.6. The molecule has 1 amide bonds. The Labute approximate surface area is 197 Å². The lowest BCUT2D eigenvalue weighted by Gasteiger charge is -2.14. The highest BCUT2D eigenvalue weighted by Crippen LogP contribution is 2.33. The first-order chi connectivity index (χ1) is 15.4. The van der Waals surface area contributed by atoms with Gasteiger partial charge in [-0.15, -0.1) is 10.2 Å². The number of carbonyl (C=O) groups is 1. The third kappa shape index (κ3) is 4.46. The summed E-state index contributed by atoms with van der Waals surface area (Å²) >= 11 is 4.93. The molecule has 0 saturated heterocycles. The van der Waals surface area contributed by atoms with Crippen molar-refractivity contribution in [3.63, 3.8) is 0 Å². The molecule has 0 bridgehead atoms. The topological polar surface area (TPSA) is 90.6 Å². The summed E-state index contributed by atoms with van der Waals surface area (Å²) in [6, 6.07) is 9.50. The molecule has 0 aliphatic carbocycles. The molecule has 10 heteroatoms. The fourth-order valence-corrected chi connectivity index (χ4v) is 4.99. The molecule has 2 aromatic carbocycles. The van der Waals surface area contributed by atoms with E-state index in [0.717, 1.165) is 43.4 Å². The SMILES string of the molecule is CCc1nnc2sc(-c3ccc(OC)c(NC(=O)COc4c(C)cc(C)cc4Br)c3)nn12. The number of nitrogens with zero attached hydrogens (tertiary/aromatic N) is 4. The van der Waals surface area contributed by atoms with Crippen LogP contribution in [0.2, 0.25) is 0 Å². The molecule has 0 radical (unpaired) electrons. The molecule has 4 rings (SSSR count). The molecule has 2 heterocycles. The van der Waals surface area contributed by atoms with Gasteiger partial charge >= 0.3 is 0 Å². The molecule has 0 aliphatic heterocycles. The summed E-state index contributed by atoms with van der Waals surface area (Å²) in [5.74, 6) is 1.71. The molecule has 32 heavy (non-hydrogen) atoms. The molecule has 2 aromatic heterocycles. The van der Waals surface area contributed by atoms with Crippen LogP contribution in [0.25, 0.3) is 15.5 Å². The number of ether oxygens (including phenoxy) is 2. The van der Waals surface area contributed by atoms with Gasteiger partial charge in [-0.3, -0.25) is 4.79 Å². The largest absolute Gasteiger partial charge is 0.495 e. The van der Waals surface area contributed by atoms with E-state index in [2.05, 4.69) is 36.5 Å². The van der Waals surface area contributed by atoms with Crippen molar-refractivity contribution in [1.29, 1.82) is 0 Å². The van der Waals surface area contributed by atoms with Gasteiger partial charge in [0, 0.05) is 12.0 Å². The van der Waals surface area contributed by atoms with Crippen molar-refractivity contribution in [2.24, 2.45) is 0 Å². The molecule has 0 saturated carbocycles. The molecular formula is C22H22BrN5O3S. The Hall–Kier alpha value is -2.98. The summed E-state index contributed by atoms with van der Waals surface area (Å²) < 4.78 is 13.8. The van der Waals surface area contributed by atoms with Crippen LogP contribution in [-0.2, 0) is 11.2 Å². The Bertz CT molecular complexity index is 1280. The van der Waals surface area contributed by atoms with E-state index in [9.17, 15) is 4.79 Å². The van der Waals surface area contributed by atoms with Gasteiger partial charge in [-0.05, 0) is 65.2 Å². The first-order valence-corrected chi connectivity index (χ1v) is 11.6. The van der Waals surface area contributed by atoms with Crippen LogP contribution in [0.1, 0.15) is 23.9 Å². The van der Waals surface area contributed by atoms with Crippen molar-refractivity contribution in [1.82, 2.24) is 19.8 Å². The molecule has 8 nitrogen and oxygen atoms in total. The number of benzene rings is 2. The molecule has 0 unspecified atom stereocenters. The van der Waals surface area contributed by atoms with Gasteiger partial charge in [0.1, 0.15) is 16.5 Å². The third-order valence-electron chi connectivity index (χ3n) is 4.81. The van der Waals surface area contributed by atoms with E-state index in [1.165, 1.54) is 11.3 Å². The van der Waals surface area contributed by atoms with Crippen LogP contribution in [-0.4, -0.2) is 39.4 Å². The lowest BCUT2D eigenvalue weighted by molar-refractivity contribution is -0.118. The predicted octanol–water partition coefficient (Wildman–Crippen LogP) is 4.82. The van der Waals surface area contributed by atoms with Crippen LogP contribution in [0.3, 0.4) is 0 Å². The zero-order valence-electron chi connectivity index (χ0n) is 18.1. The zero-order chi connectivity index (χ0) is 22.8. The Balaban J connectivity index is 1.53. The highest BCUT2D eigenvalue weighted by atomic mass is 79.9. The first kappa shape index (κ1) is 22.2. The molecule has 0 aliphatic rings. The van der Waals surface area contributed by atoms with Crippen molar-refractivity contribution in [2.45, 2.75) is 27.2 Å². The second kappa shape index (κ2) is 9.25. The first-order valence-electron chi connectivity index (χ1n) is 9.98. The number of amides is 1. The molecule has 0 spiro atoms. The van der Waals surface area contributed by atoms with E-state index in [-0.39, 0.29) is 12.5 Å². The average molecular weight is 516 g/mol. The Morgan fingerprint density at radius 3 is 2.75 bits per heavy atom. The van der Waals surface area contributed by atoms with Crippen molar-refractivity contribution < 1.29 is 14.3 Å². The number of aryl methyl sites for hydroxylation is 3. The number of aromatic nitrogens is 4. The molecule has 0 fully saturated rings. The van der Waals surface area contributed by atoms with Crippen LogP contribution in [0.5, 0.6) is 11.5 Å². The number of hydrogen-bond donors (Lipinski definition) is 1. The van der Waals surface area contributed by atoms with E-state index in [0.29, 0.717) is 17.2 Å². The van der Waals surface area contributed by atoms with Gasteiger partial charge in [-0.1, -0.05) is 24.3 Å². The lowest BCUT2D eigenvalue weighted by atomic mass is 10.1. The summed E-state index contributed by atoms with van der Waals surface area (Å²) in [5.41, 5.74) is 3.46. The highest BCUT2D eigenvalue weighted by Gasteiger charge is 2.16. The average Bonchev–Trinajstić information content (AvgIpc) is 3.33. The highest BCUT2D eigenvalue weighted by molar-refractivity contribution is 9.10. The summed E-state index contributed by atoms with van der Waals surface area (Å²) in [6.07, 6.45) is 0.741. The third-order valence-corrected chi connectivity index (χ3v) is 6.35. The Morgan fingerprint density at radius 2 is 2.03 bits per heavy atom. The molecule has 4 aromatic rings. The monoisotopic (exact) mass is 515 g/mol. The quantitative estimate of drug-likeness (QED) is 0.379. The standard InChI is InChI=1S/C22H22BrN5O3S/c1-5-18-25-26-22-28(18)27-21(32-22)14-6-7-17(30-4)16(10-14)24-19(29)11-31-20-13(3)8-12(2)9-15(20)23/h6-10H,5,11H2,1-4H3,(H,24,29). The van der Waals surface area contributed by atoms with E-state index in [1.54, 1.807) is 17.7 Å². The maximum Gasteiger partial charge on any atom is 0.262 e. The number of methoxy groups -OCH3 is 1. The van der Waals surface area contributed by atoms with Crippen molar-refractivity contribution in [2.75, 3.05) is 19.0 Å². The van der Waals surface area contributed by atoms with E-state index < -0.39 is 0 Å². The van der Waals surface area contributed by atoms with Crippen molar-refractivity contribution in [3.8, 4) is 22.1 Å². The van der Waals surface area contributed by atoms with E-state index in [1.807, 2.05) is 45.0 Å². The number of anilines is 1. The van der Waals surface area contributed by atoms with Crippen LogP contribution < -0.4 is 14.8 Å². The van der Waals surface area contributed by atoms with E-state index >= 15 is 0 Å². The number of hydrogen-bond acceptors (Lipinski definition) is 7. The van der Waals surface area contributed by atoms with Gasteiger partial charge in [-0.2, -0.15) is 9.61 Å². The Kier molecular flexibility index (Phi) is 6.43. The lowest BCUT2D eigenvalue weighted by Crippen LogP contribution is -2.21. The second-order valence-corrected chi connectivity index (χ2v) is 9.03. The molecular weight excluding hydrogens is 494 g/mol. The van der Waals surface area contributed by atoms with Crippen LogP contribution in [0.4, 0.5) is 5.69 Å². The van der Waals surface area contributed by atoms with Crippen molar-refractivity contribution in [3.05, 3.63) is 51.8 Å². The minimum atomic E-state index is -0.293. The maximum absolute atomic E-state index is 12.6. The van der Waals surface area contributed by atoms with Gasteiger partial charge in [-0.25, -0.2) is 0 Å². The van der Waals surface area contributed by atoms with Gasteiger partial charge in [0.15, 0.2) is 12.4 Å². The van der Waals surface area contributed by atoms with Gasteiger partial charge < -0.3 is 14.8 Å². The van der Waals surface area contributed by atoms with E-state index in [4.69, 9.17) is 9.47 Å². The number of rotatable bonds is 7. The minimum absolute atomic E-state index is 0.132. The van der Waals surface area contributed by atoms with Crippen LogP contribution in [0, 0.1) is 13.8 Å². The number of fused-ring (bicyclic) bond motifs is 1. The molecule has 1 N–H and O–H groups in total. The summed E-state index contributed by atoms with van der Waals surface area (Å²) in [5, 5.41) is 16.6. The summed E-state index contributed by atoms with van der Waals surface area (Å²) in [6.45, 7) is 5.83. The van der Waals surface area contributed by atoms with Crippen molar-refractivity contribution >= 4 is 43.8 Å². The number of halogens is 1. The number of carbonyl (C=O) groups excluding carboxylic acids is 1. The van der Waals surface area contributed by atoms with Crippen LogP contribution in [0.15, 0.2) is 34.8 Å². The normalized spacial score (nSPS) is 11.0. The molecule has 0 atom stereocenters.